The summed E-state index contributed by atoms with van der Waals surface area (Å²) < 4.78 is 14.1. The summed E-state index contributed by atoms with van der Waals surface area (Å²) >= 11 is 0. The van der Waals surface area contributed by atoms with Crippen molar-refractivity contribution in [2.45, 2.75) is 27.3 Å². The second-order valence-corrected chi connectivity index (χ2v) is 7.26. The zero-order chi connectivity index (χ0) is 23.4. The number of nitrogens with zero attached hydrogens (tertiary/aromatic N) is 4. The number of hydrogen-bond donors (Lipinski definition) is 1. The quantitative estimate of drug-likeness (QED) is 0.445. The standard InChI is InChI=1S/C24H25N5O4/c1-4-32-20-12-11-17(13-21(20)33-5-2)27-22(30)15-28-16(3)26-23-19(24(28)31)14-25-29(23)18-9-7-6-8-10-18/h6-14H,4-5,15H2,1-3H3,(H,27,30). The largest absolute Gasteiger partial charge is 0.490 e. The number of hydrogen-bond acceptors (Lipinski definition) is 6. The molecule has 2 aromatic heterocycles. The number of carbonyl (C=O) groups excluding carboxylic acids is 1. The molecular formula is C24H25N5O4. The zero-order valence-electron chi connectivity index (χ0n) is 18.7. The van der Waals surface area contributed by atoms with Gasteiger partial charge in [0.1, 0.15) is 17.8 Å². The molecule has 1 amide bonds. The van der Waals surface area contributed by atoms with Crippen LogP contribution in [-0.4, -0.2) is 38.5 Å². The predicted octanol–water partition coefficient (Wildman–Crippen LogP) is 3.33. The fourth-order valence-electron chi connectivity index (χ4n) is 3.52. The molecule has 2 aromatic carbocycles. The molecule has 1 N–H and O–H groups in total. The molecule has 0 bridgehead atoms. The molecule has 0 atom stereocenters. The zero-order valence-corrected chi connectivity index (χ0v) is 18.7. The lowest BCUT2D eigenvalue weighted by Crippen LogP contribution is -2.30. The lowest BCUT2D eigenvalue weighted by molar-refractivity contribution is -0.116. The summed E-state index contributed by atoms with van der Waals surface area (Å²) in [6.07, 6.45) is 1.48. The van der Waals surface area contributed by atoms with Gasteiger partial charge >= 0.3 is 0 Å². The van der Waals surface area contributed by atoms with Crippen LogP contribution in [0.15, 0.2) is 59.5 Å². The van der Waals surface area contributed by atoms with Crippen molar-refractivity contribution in [1.29, 1.82) is 0 Å². The number of carbonyl (C=O) groups is 1. The van der Waals surface area contributed by atoms with Crippen LogP contribution in [0, 0.1) is 6.92 Å². The first-order valence-corrected chi connectivity index (χ1v) is 10.7. The van der Waals surface area contributed by atoms with E-state index < -0.39 is 0 Å². The predicted molar refractivity (Wildman–Crippen MR) is 125 cm³/mol. The van der Waals surface area contributed by atoms with E-state index in [4.69, 9.17) is 9.47 Å². The third-order valence-corrected chi connectivity index (χ3v) is 5.01. The van der Waals surface area contributed by atoms with Crippen molar-refractivity contribution in [3.8, 4) is 17.2 Å². The average molecular weight is 447 g/mol. The van der Waals surface area contributed by atoms with Crippen LogP contribution < -0.4 is 20.3 Å². The molecule has 0 saturated heterocycles. The van der Waals surface area contributed by atoms with Gasteiger partial charge in [-0.1, -0.05) is 18.2 Å². The summed E-state index contributed by atoms with van der Waals surface area (Å²) in [5, 5.41) is 7.47. The first-order valence-electron chi connectivity index (χ1n) is 10.7. The minimum Gasteiger partial charge on any atom is -0.490 e. The second kappa shape index (κ2) is 9.56. The number of aryl methyl sites for hydroxylation is 1. The molecule has 0 spiro atoms. The average Bonchev–Trinajstić information content (AvgIpc) is 3.23. The highest BCUT2D eigenvalue weighted by Gasteiger charge is 2.16. The number of benzene rings is 2. The van der Waals surface area contributed by atoms with E-state index in [-0.39, 0.29) is 18.0 Å². The van der Waals surface area contributed by atoms with Crippen molar-refractivity contribution < 1.29 is 14.3 Å². The summed E-state index contributed by atoms with van der Waals surface area (Å²) in [6.45, 7) is 6.25. The lowest BCUT2D eigenvalue weighted by Gasteiger charge is -2.14. The lowest BCUT2D eigenvalue weighted by atomic mass is 10.2. The van der Waals surface area contributed by atoms with Crippen LogP contribution in [0.5, 0.6) is 11.5 Å². The van der Waals surface area contributed by atoms with Crippen LogP contribution in [0.3, 0.4) is 0 Å². The van der Waals surface area contributed by atoms with Gasteiger partial charge in [-0.15, -0.1) is 0 Å². The minimum atomic E-state index is -0.358. The number of aromatic nitrogens is 4. The van der Waals surface area contributed by atoms with Gasteiger partial charge < -0.3 is 14.8 Å². The Hall–Kier alpha value is -4.14. The van der Waals surface area contributed by atoms with E-state index in [1.165, 1.54) is 10.8 Å². The molecule has 0 saturated carbocycles. The van der Waals surface area contributed by atoms with Gasteiger partial charge in [-0.2, -0.15) is 5.10 Å². The Balaban J connectivity index is 1.58. The minimum absolute atomic E-state index is 0.179. The Labute approximate surface area is 190 Å². The van der Waals surface area contributed by atoms with Gasteiger partial charge in [0.2, 0.25) is 5.91 Å². The van der Waals surface area contributed by atoms with E-state index >= 15 is 0 Å². The van der Waals surface area contributed by atoms with Gasteiger partial charge in [0.25, 0.3) is 5.56 Å². The second-order valence-electron chi connectivity index (χ2n) is 7.26. The number of amides is 1. The molecule has 0 aliphatic carbocycles. The molecular weight excluding hydrogens is 422 g/mol. The third-order valence-electron chi connectivity index (χ3n) is 5.01. The Morgan fingerprint density at radius 2 is 1.76 bits per heavy atom. The number of fused-ring (bicyclic) bond motifs is 1. The van der Waals surface area contributed by atoms with Crippen LogP contribution in [0.1, 0.15) is 19.7 Å². The summed E-state index contributed by atoms with van der Waals surface area (Å²) in [5.74, 6) is 1.21. The molecule has 0 aliphatic heterocycles. The summed E-state index contributed by atoms with van der Waals surface area (Å²) in [4.78, 5) is 30.4. The van der Waals surface area contributed by atoms with Crippen LogP contribution in [0.25, 0.3) is 16.7 Å². The number of nitrogens with one attached hydrogen (secondary N) is 1. The van der Waals surface area contributed by atoms with Gasteiger partial charge in [0, 0.05) is 11.8 Å². The van der Waals surface area contributed by atoms with E-state index in [9.17, 15) is 9.59 Å². The summed E-state index contributed by atoms with van der Waals surface area (Å²) in [7, 11) is 0. The Morgan fingerprint density at radius 1 is 1.03 bits per heavy atom. The molecule has 170 valence electrons. The molecule has 0 radical (unpaired) electrons. The third kappa shape index (κ3) is 4.57. The number of para-hydroxylation sites is 1. The van der Waals surface area contributed by atoms with Crippen molar-refractivity contribution in [2.24, 2.45) is 0 Å². The fourth-order valence-corrected chi connectivity index (χ4v) is 3.52. The van der Waals surface area contributed by atoms with Gasteiger partial charge in [0.15, 0.2) is 17.1 Å². The number of anilines is 1. The monoisotopic (exact) mass is 447 g/mol. The molecule has 0 aliphatic rings. The highest BCUT2D eigenvalue weighted by Crippen LogP contribution is 2.30. The molecule has 4 aromatic rings. The van der Waals surface area contributed by atoms with Crippen LogP contribution in [-0.2, 0) is 11.3 Å². The normalized spacial score (nSPS) is 10.9. The van der Waals surface area contributed by atoms with Crippen LogP contribution >= 0.6 is 0 Å². The van der Waals surface area contributed by atoms with Gasteiger partial charge in [-0.3, -0.25) is 14.2 Å². The highest BCUT2D eigenvalue weighted by molar-refractivity contribution is 5.91. The highest BCUT2D eigenvalue weighted by atomic mass is 16.5. The Morgan fingerprint density at radius 3 is 2.48 bits per heavy atom. The van der Waals surface area contributed by atoms with Crippen molar-refractivity contribution in [3.63, 3.8) is 0 Å². The van der Waals surface area contributed by atoms with E-state index in [1.54, 1.807) is 29.8 Å². The molecule has 33 heavy (non-hydrogen) atoms. The first kappa shape index (κ1) is 22.1. The maximum Gasteiger partial charge on any atom is 0.265 e. The van der Waals surface area contributed by atoms with E-state index in [0.29, 0.717) is 47.3 Å². The fraction of sp³-hybridized carbons (Fsp3) is 0.250. The van der Waals surface area contributed by atoms with E-state index in [2.05, 4.69) is 15.4 Å². The van der Waals surface area contributed by atoms with Crippen LogP contribution in [0.2, 0.25) is 0 Å². The summed E-state index contributed by atoms with van der Waals surface area (Å²) in [6, 6.07) is 14.6. The van der Waals surface area contributed by atoms with E-state index in [1.807, 2.05) is 44.2 Å². The maximum atomic E-state index is 13.1. The van der Waals surface area contributed by atoms with Crippen molar-refractivity contribution in [1.82, 2.24) is 19.3 Å². The van der Waals surface area contributed by atoms with Gasteiger partial charge in [-0.25, -0.2) is 9.67 Å². The molecule has 9 nitrogen and oxygen atoms in total. The first-order chi connectivity index (χ1) is 16.0. The number of rotatable bonds is 8. The number of ether oxygens (including phenoxy) is 2. The van der Waals surface area contributed by atoms with Crippen molar-refractivity contribution in [3.05, 3.63) is 70.9 Å². The summed E-state index contributed by atoms with van der Waals surface area (Å²) in [5.41, 5.74) is 1.48. The van der Waals surface area contributed by atoms with Crippen molar-refractivity contribution >= 4 is 22.6 Å². The SMILES string of the molecule is CCOc1ccc(NC(=O)Cn2c(C)nc3c(cnn3-c3ccccc3)c2=O)cc1OCC. The molecule has 9 heteroatoms. The van der Waals surface area contributed by atoms with Crippen LogP contribution in [0.4, 0.5) is 5.69 Å². The van der Waals surface area contributed by atoms with Gasteiger partial charge in [0.05, 0.1) is 25.1 Å². The Bertz CT molecular complexity index is 1340. The topological polar surface area (TPSA) is 100 Å². The van der Waals surface area contributed by atoms with Crippen molar-refractivity contribution in [2.75, 3.05) is 18.5 Å². The maximum absolute atomic E-state index is 13.1. The smallest absolute Gasteiger partial charge is 0.265 e. The molecule has 4 rings (SSSR count). The molecule has 2 heterocycles. The van der Waals surface area contributed by atoms with Gasteiger partial charge in [-0.05, 0) is 45.0 Å². The Kier molecular flexibility index (Phi) is 6.39. The molecule has 0 unspecified atom stereocenters. The van der Waals surface area contributed by atoms with E-state index in [0.717, 1.165) is 5.69 Å². The molecule has 0 fully saturated rings.